The lowest BCUT2D eigenvalue weighted by molar-refractivity contribution is 0.0654. The zero-order chi connectivity index (χ0) is 13.4. The minimum atomic E-state index is 0.142. The van der Waals surface area contributed by atoms with Gasteiger partial charge in [0.2, 0.25) is 0 Å². The van der Waals surface area contributed by atoms with Gasteiger partial charge in [0.05, 0.1) is 24.9 Å². The van der Waals surface area contributed by atoms with Crippen molar-refractivity contribution in [3.05, 3.63) is 24.0 Å². The predicted octanol–water partition coefficient (Wildman–Crippen LogP) is 2.56. The first kappa shape index (κ1) is 14.9. The summed E-state index contributed by atoms with van der Waals surface area (Å²) in [4.78, 5) is 4.24. The number of hydrogen-bond donors (Lipinski definition) is 1. The normalized spacial score (nSPS) is 14.2. The first-order chi connectivity index (χ1) is 8.76. The minimum absolute atomic E-state index is 0.142. The van der Waals surface area contributed by atoms with E-state index >= 15 is 0 Å². The van der Waals surface area contributed by atoms with Crippen LogP contribution in [0.5, 0.6) is 5.75 Å². The molecule has 0 aliphatic carbocycles. The summed E-state index contributed by atoms with van der Waals surface area (Å²) in [5.74, 6) is 0.809. The molecule has 4 heteroatoms. The van der Waals surface area contributed by atoms with E-state index in [-0.39, 0.29) is 12.1 Å². The molecular formula is C14H24N2O2. The Hall–Kier alpha value is -1.13. The smallest absolute Gasteiger partial charge is 0.137 e. The van der Waals surface area contributed by atoms with Crippen LogP contribution < -0.4 is 10.1 Å². The van der Waals surface area contributed by atoms with Gasteiger partial charge in [-0.1, -0.05) is 13.8 Å². The number of ether oxygens (including phenoxy) is 2. The van der Waals surface area contributed by atoms with Crippen molar-refractivity contribution >= 4 is 0 Å². The number of nitrogens with one attached hydrogen (secondary N) is 1. The maximum Gasteiger partial charge on any atom is 0.137 e. The number of likely N-dealkylation sites (N-methyl/N-ethyl adjacent to an activating group) is 1. The molecule has 0 amide bonds. The number of aromatic nitrogens is 1. The molecule has 1 aromatic heterocycles. The maximum atomic E-state index is 5.54. The third-order valence-electron chi connectivity index (χ3n) is 2.91. The highest BCUT2D eigenvalue weighted by molar-refractivity contribution is 5.26. The molecular weight excluding hydrogens is 228 g/mol. The van der Waals surface area contributed by atoms with Crippen LogP contribution in [0.25, 0.3) is 0 Å². The van der Waals surface area contributed by atoms with Crippen LogP contribution in [0.1, 0.15) is 38.8 Å². The van der Waals surface area contributed by atoms with E-state index in [9.17, 15) is 0 Å². The van der Waals surface area contributed by atoms with E-state index in [2.05, 4.69) is 24.1 Å². The fraction of sp³-hybridized carbons (Fsp3) is 0.643. The molecule has 0 spiro atoms. The highest BCUT2D eigenvalue weighted by Crippen LogP contribution is 2.23. The molecule has 0 saturated carbocycles. The summed E-state index contributed by atoms with van der Waals surface area (Å²) >= 11 is 0. The van der Waals surface area contributed by atoms with Gasteiger partial charge in [-0.2, -0.15) is 0 Å². The number of rotatable bonds is 8. The van der Waals surface area contributed by atoms with Crippen molar-refractivity contribution in [2.24, 2.45) is 0 Å². The molecule has 0 aliphatic heterocycles. The second-order valence-electron chi connectivity index (χ2n) is 4.10. The Morgan fingerprint density at radius 1 is 1.28 bits per heavy atom. The molecule has 2 atom stereocenters. The lowest BCUT2D eigenvalue weighted by Crippen LogP contribution is -2.33. The molecule has 0 radical (unpaired) electrons. The SMILES string of the molecule is CCNC(c1cncc(OCC)c1)C(CC)OC. The Morgan fingerprint density at radius 2 is 2.06 bits per heavy atom. The monoisotopic (exact) mass is 252 g/mol. The fourth-order valence-electron chi connectivity index (χ4n) is 2.07. The number of hydrogen-bond acceptors (Lipinski definition) is 4. The number of pyridine rings is 1. The van der Waals surface area contributed by atoms with Gasteiger partial charge < -0.3 is 14.8 Å². The van der Waals surface area contributed by atoms with Crippen LogP contribution in [0, 0.1) is 0 Å². The van der Waals surface area contributed by atoms with Crippen LogP contribution in [0.4, 0.5) is 0 Å². The minimum Gasteiger partial charge on any atom is -0.492 e. The molecule has 1 heterocycles. The third kappa shape index (κ3) is 3.96. The zero-order valence-electron chi connectivity index (χ0n) is 11.8. The molecule has 0 aliphatic rings. The molecule has 1 aromatic rings. The molecule has 102 valence electrons. The molecule has 18 heavy (non-hydrogen) atoms. The lowest BCUT2D eigenvalue weighted by Gasteiger charge is -2.26. The average Bonchev–Trinajstić information content (AvgIpc) is 2.40. The van der Waals surface area contributed by atoms with Crippen LogP contribution in [0.15, 0.2) is 18.5 Å². The number of methoxy groups -OCH3 is 1. The predicted molar refractivity (Wildman–Crippen MR) is 72.9 cm³/mol. The Kier molecular flexibility index (Phi) is 6.68. The van der Waals surface area contributed by atoms with Crippen molar-refractivity contribution in [2.45, 2.75) is 39.3 Å². The van der Waals surface area contributed by atoms with E-state index in [1.807, 2.05) is 19.2 Å². The quantitative estimate of drug-likeness (QED) is 0.772. The van der Waals surface area contributed by atoms with E-state index in [4.69, 9.17) is 9.47 Å². The molecule has 0 saturated heterocycles. The van der Waals surface area contributed by atoms with Gasteiger partial charge in [-0.05, 0) is 31.5 Å². The Balaban J connectivity index is 2.93. The molecule has 0 bridgehead atoms. The Bertz CT molecular complexity index is 340. The fourth-order valence-corrected chi connectivity index (χ4v) is 2.07. The highest BCUT2D eigenvalue weighted by atomic mass is 16.5. The van der Waals surface area contributed by atoms with Crippen molar-refractivity contribution in [3.8, 4) is 5.75 Å². The van der Waals surface area contributed by atoms with Crippen molar-refractivity contribution in [1.29, 1.82) is 0 Å². The van der Waals surface area contributed by atoms with Crippen LogP contribution >= 0.6 is 0 Å². The second kappa shape index (κ2) is 8.06. The van der Waals surface area contributed by atoms with Gasteiger partial charge in [-0.15, -0.1) is 0 Å². The van der Waals surface area contributed by atoms with Gasteiger partial charge in [-0.25, -0.2) is 0 Å². The average molecular weight is 252 g/mol. The van der Waals surface area contributed by atoms with Crippen LogP contribution in [-0.4, -0.2) is 31.3 Å². The molecule has 0 aromatic carbocycles. The van der Waals surface area contributed by atoms with Crippen LogP contribution in [0.3, 0.4) is 0 Å². The van der Waals surface area contributed by atoms with E-state index < -0.39 is 0 Å². The summed E-state index contributed by atoms with van der Waals surface area (Å²) in [5.41, 5.74) is 1.11. The van der Waals surface area contributed by atoms with Crippen molar-refractivity contribution in [1.82, 2.24) is 10.3 Å². The van der Waals surface area contributed by atoms with Gasteiger partial charge in [0, 0.05) is 13.3 Å². The van der Waals surface area contributed by atoms with E-state index in [1.54, 1.807) is 13.3 Å². The standard InChI is InChI=1S/C14H24N2O2/c1-5-13(17-4)14(16-6-2)11-8-12(18-7-3)10-15-9-11/h8-10,13-14,16H,5-7H2,1-4H3. The molecule has 4 nitrogen and oxygen atoms in total. The summed E-state index contributed by atoms with van der Waals surface area (Å²) in [6.45, 7) is 7.73. The Labute approximate surface area is 110 Å². The molecule has 1 rings (SSSR count). The molecule has 0 fully saturated rings. The number of nitrogens with zero attached hydrogens (tertiary/aromatic N) is 1. The van der Waals surface area contributed by atoms with Crippen molar-refractivity contribution in [2.75, 3.05) is 20.3 Å². The molecule has 2 unspecified atom stereocenters. The van der Waals surface area contributed by atoms with E-state index in [1.165, 1.54) is 0 Å². The largest absolute Gasteiger partial charge is 0.492 e. The summed E-state index contributed by atoms with van der Waals surface area (Å²) in [6.07, 6.45) is 4.71. The second-order valence-corrected chi connectivity index (χ2v) is 4.10. The highest BCUT2D eigenvalue weighted by Gasteiger charge is 2.21. The summed E-state index contributed by atoms with van der Waals surface area (Å²) < 4.78 is 11.0. The third-order valence-corrected chi connectivity index (χ3v) is 2.91. The van der Waals surface area contributed by atoms with Gasteiger partial charge in [-0.3, -0.25) is 4.98 Å². The molecule has 1 N–H and O–H groups in total. The van der Waals surface area contributed by atoms with E-state index in [0.717, 1.165) is 24.3 Å². The summed E-state index contributed by atoms with van der Waals surface area (Å²) in [7, 11) is 1.75. The topological polar surface area (TPSA) is 43.4 Å². The lowest BCUT2D eigenvalue weighted by atomic mass is 10.0. The van der Waals surface area contributed by atoms with Gasteiger partial charge in [0.1, 0.15) is 5.75 Å². The van der Waals surface area contributed by atoms with Crippen molar-refractivity contribution in [3.63, 3.8) is 0 Å². The first-order valence-electron chi connectivity index (χ1n) is 6.60. The van der Waals surface area contributed by atoms with Crippen molar-refractivity contribution < 1.29 is 9.47 Å². The van der Waals surface area contributed by atoms with Crippen LogP contribution in [-0.2, 0) is 4.74 Å². The first-order valence-corrected chi connectivity index (χ1v) is 6.60. The van der Waals surface area contributed by atoms with Gasteiger partial charge in [0.25, 0.3) is 0 Å². The zero-order valence-corrected chi connectivity index (χ0v) is 11.8. The van der Waals surface area contributed by atoms with Gasteiger partial charge in [0.15, 0.2) is 0 Å². The Morgan fingerprint density at radius 3 is 2.61 bits per heavy atom. The van der Waals surface area contributed by atoms with Crippen LogP contribution in [0.2, 0.25) is 0 Å². The summed E-state index contributed by atoms with van der Waals surface area (Å²) in [6, 6.07) is 2.18. The van der Waals surface area contributed by atoms with Gasteiger partial charge >= 0.3 is 0 Å². The maximum absolute atomic E-state index is 5.54. The summed E-state index contributed by atoms with van der Waals surface area (Å²) in [5, 5.41) is 3.45. The van der Waals surface area contributed by atoms with E-state index in [0.29, 0.717) is 6.61 Å².